The molecule has 19 nitrogen and oxygen atoms in total. The number of rotatable bonds is 14. The number of hydrogen-bond donors (Lipinski definition) is 5. The zero-order valence-electron chi connectivity index (χ0n) is 17.8. The molecule has 6 N–H and O–H groups in total. The first-order valence-electron chi connectivity index (χ1n) is 9.55. The van der Waals surface area contributed by atoms with E-state index >= 15 is 0 Å². The third-order valence-corrected chi connectivity index (χ3v) is 6.28. The fourth-order valence-corrected chi connectivity index (χ4v) is 4.20. The number of carbonyl (C=O) groups excluding carboxylic acids is 3. The van der Waals surface area contributed by atoms with Gasteiger partial charge >= 0.3 is 17.6 Å². The van der Waals surface area contributed by atoms with Crippen molar-refractivity contribution in [3.05, 3.63) is 20.2 Å². The van der Waals surface area contributed by atoms with E-state index < -0.39 is 105 Å². The summed E-state index contributed by atoms with van der Waals surface area (Å²) in [5, 5.41) is 43.0. The number of nitrogens with zero attached hydrogens (tertiary/aromatic N) is 3. The van der Waals surface area contributed by atoms with E-state index in [-0.39, 0.29) is 6.42 Å². The lowest BCUT2D eigenvalue weighted by molar-refractivity contribution is -0.809. The normalized spacial score (nSPS) is 16.2. The van der Waals surface area contributed by atoms with Crippen LogP contribution in [-0.4, -0.2) is 112 Å². The van der Waals surface area contributed by atoms with Gasteiger partial charge in [-0.1, -0.05) is 0 Å². The Balaban J connectivity index is 2.87. The highest BCUT2D eigenvalue weighted by Gasteiger charge is 2.67. The number of aliphatic carboxylic acids is 2. The van der Waals surface area contributed by atoms with Gasteiger partial charge in [-0.3, -0.25) is 44.2 Å². The molecule has 1 aliphatic rings. The summed E-state index contributed by atoms with van der Waals surface area (Å²) in [7, 11) is -4.53. The van der Waals surface area contributed by atoms with Gasteiger partial charge in [0.2, 0.25) is 17.7 Å². The number of hydrogen-bond acceptors (Lipinski definition) is 12. The van der Waals surface area contributed by atoms with Crippen LogP contribution in [0.2, 0.25) is 0 Å². The Hall–Kier alpha value is -3.94. The third kappa shape index (κ3) is 8.10. The summed E-state index contributed by atoms with van der Waals surface area (Å²) < 4.78 is 24.9. The molecule has 1 unspecified atom stereocenters. The monoisotopic (exact) mass is 526 g/mol. The predicted octanol–water partition coefficient (Wildman–Crippen LogP) is -4.63. The smallest absolute Gasteiger partial charge is 0.480 e. The number of nitro groups is 2. The molecule has 0 radical (unpaired) electrons. The van der Waals surface area contributed by atoms with Crippen molar-refractivity contribution in [2.24, 2.45) is 5.73 Å². The molecule has 1 heterocycles. The first-order valence-corrected chi connectivity index (χ1v) is 11.4. The van der Waals surface area contributed by atoms with Gasteiger partial charge in [-0.15, -0.1) is 0 Å². The SMILES string of the molecule is NC(CCC(=O)N[C@@H](CS(=O)(=O)CC(=O)N1CC([N+](=O)[O-])([N+](=O)[O-])C1)C(=O)NCC(=O)O)C(=O)O. The Labute approximate surface area is 195 Å². The lowest BCUT2D eigenvalue weighted by Crippen LogP contribution is -2.71. The number of carbonyl (C=O) groups is 5. The van der Waals surface area contributed by atoms with Gasteiger partial charge < -0.3 is 31.5 Å². The maximum atomic E-state index is 12.4. The first kappa shape index (κ1) is 29.1. The van der Waals surface area contributed by atoms with Crippen LogP contribution in [0.25, 0.3) is 0 Å². The molecule has 1 fully saturated rings. The Kier molecular flexibility index (Phi) is 9.53. The van der Waals surface area contributed by atoms with E-state index in [1.807, 2.05) is 10.6 Å². The summed E-state index contributed by atoms with van der Waals surface area (Å²) in [5.41, 5.74) is 2.59. The van der Waals surface area contributed by atoms with E-state index in [2.05, 4.69) is 0 Å². The van der Waals surface area contributed by atoms with Crippen LogP contribution in [0.4, 0.5) is 0 Å². The molecule has 2 atom stereocenters. The van der Waals surface area contributed by atoms with E-state index in [4.69, 9.17) is 15.9 Å². The van der Waals surface area contributed by atoms with Crippen LogP contribution in [0.1, 0.15) is 12.8 Å². The van der Waals surface area contributed by atoms with Gasteiger partial charge in [0.25, 0.3) is 0 Å². The van der Waals surface area contributed by atoms with Crippen molar-refractivity contribution < 1.29 is 52.5 Å². The number of carboxylic acids is 2. The summed E-state index contributed by atoms with van der Waals surface area (Å²) >= 11 is 0. The van der Waals surface area contributed by atoms with E-state index in [0.29, 0.717) is 4.90 Å². The van der Waals surface area contributed by atoms with Crippen LogP contribution in [0, 0.1) is 20.2 Å². The number of amides is 3. The second-order valence-electron chi connectivity index (χ2n) is 7.52. The van der Waals surface area contributed by atoms with E-state index in [1.165, 1.54) is 0 Å². The Morgan fingerprint density at radius 1 is 1.09 bits per heavy atom. The van der Waals surface area contributed by atoms with Crippen molar-refractivity contribution in [3.63, 3.8) is 0 Å². The molecule has 1 saturated heterocycles. The Morgan fingerprint density at radius 3 is 2.09 bits per heavy atom. The van der Waals surface area contributed by atoms with Gasteiger partial charge in [0.05, 0.1) is 5.75 Å². The van der Waals surface area contributed by atoms with Crippen molar-refractivity contribution >= 4 is 39.5 Å². The van der Waals surface area contributed by atoms with Gasteiger partial charge in [0, 0.05) is 6.42 Å². The van der Waals surface area contributed by atoms with Gasteiger partial charge in [0.1, 0.15) is 34.2 Å². The van der Waals surface area contributed by atoms with Crippen LogP contribution < -0.4 is 16.4 Å². The maximum absolute atomic E-state index is 12.4. The standard InChI is InChI=1S/C15H22N6O13S/c16-8(14(27)28)1-2-10(22)18-9(13(26)17-3-12(24)25)4-35(33,34)5-11(23)19-6-15(7-19,20(29)30)21(31)32/h8-9H,1-7,16H2,(H,17,26)(H,18,22)(H,24,25)(H,27,28)/t8?,9-/m0/s1. The predicted molar refractivity (Wildman–Crippen MR) is 109 cm³/mol. The van der Waals surface area contributed by atoms with E-state index in [9.17, 15) is 52.6 Å². The molecule has 0 aromatic carbocycles. The number of nitrogens with two attached hydrogens (primary N) is 1. The molecule has 35 heavy (non-hydrogen) atoms. The Morgan fingerprint density at radius 2 is 1.63 bits per heavy atom. The van der Waals surface area contributed by atoms with Crippen LogP contribution in [-0.2, 0) is 33.8 Å². The molecule has 1 aliphatic heterocycles. The van der Waals surface area contributed by atoms with Crippen molar-refractivity contribution in [3.8, 4) is 0 Å². The quantitative estimate of drug-likeness (QED) is 0.0808. The number of sulfone groups is 1. The summed E-state index contributed by atoms with van der Waals surface area (Å²) in [5.74, 6) is -8.91. The molecule has 196 valence electrons. The topological polar surface area (TPSA) is 300 Å². The number of carboxylic acid groups (broad SMARTS) is 2. The highest BCUT2D eigenvalue weighted by molar-refractivity contribution is 7.92. The van der Waals surface area contributed by atoms with Gasteiger partial charge in [-0.25, -0.2) is 8.42 Å². The third-order valence-electron chi connectivity index (χ3n) is 4.75. The van der Waals surface area contributed by atoms with Crippen LogP contribution in [0.3, 0.4) is 0 Å². The molecule has 0 spiro atoms. The summed E-state index contributed by atoms with van der Waals surface area (Å²) in [6, 6.07) is -3.32. The molecule has 0 aromatic heterocycles. The second kappa shape index (κ2) is 11.5. The lowest BCUT2D eigenvalue weighted by Gasteiger charge is -2.35. The summed E-state index contributed by atoms with van der Waals surface area (Å²) in [4.78, 5) is 77.7. The molecule has 0 bridgehead atoms. The minimum atomic E-state index is -4.53. The van der Waals surface area contributed by atoms with Crippen LogP contribution >= 0.6 is 0 Å². The second-order valence-corrected chi connectivity index (χ2v) is 9.63. The summed E-state index contributed by atoms with van der Waals surface area (Å²) in [6.07, 6.45) is -0.910. The first-order chi connectivity index (χ1) is 16.0. The molecule has 0 aromatic rings. The van der Waals surface area contributed by atoms with Crippen molar-refractivity contribution in [2.75, 3.05) is 31.1 Å². The van der Waals surface area contributed by atoms with Gasteiger partial charge in [-0.2, -0.15) is 0 Å². The molecule has 0 aliphatic carbocycles. The average Bonchev–Trinajstić information content (AvgIpc) is 2.67. The van der Waals surface area contributed by atoms with Crippen molar-refractivity contribution in [1.29, 1.82) is 0 Å². The molecule has 20 heteroatoms. The highest BCUT2D eigenvalue weighted by atomic mass is 32.2. The van der Waals surface area contributed by atoms with E-state index in [1.54, 1.807) is 0 Å². The highest BCUT2D eigenvalue weighted by Crippen LogP contribution is 2.25. The molecular formula is C15H22N6O13S. The van der Waals surface area contributed by atoms with Crippen molar-refractivity contribution in [2.45, 2.75) is 30.6 Å². The molecule has 0 saturated carbocycles. The number of nitrogens with one attached hydrogen (secondary N) is 2. The van der Waals surface area contributed by atoms with Crippen LogP contribution in [0.15, 0.2) is 0 Å². The minimum absolute atomic E-state index is 0.376. The Bertz CT molecular complexity index is 1010. The number of likely N-dealkylation sites (tertiary alicyclic amines) is 1. The maximum Gasteiger partial charge on any atom is 0.492 e. The lowest BCUT2D eigenvalue weighted by atomic mass is 10.0. The minimum Gasteiger partial charge on any atom is -0.480 e. The zero-order chi connectivity index (χ0) is 27.1. The van der Waals surface area contributed by atoms with E-state index in [0.717, 1.165) is 0 Å². The molecule has 1 rings (SSSR count). The van der Waals surface area contributed by atoms with Gasteiger partial charge in [0.15, 0.2) is 22.9 Å². The van der Waals surface area contributed by atoms with Crippen LogP contribution in [0.5, 0.6) is 0 Å². The van der Waals surface area contributed by atoms with Crippen molar-refractivity contribution in [1.82, 2.24) is 15.5 Å². The average molecular weight is 526 g/mol. The van der Waals surface area contributed by atoms with Gasteiger partial charge in [-0.05, 0) is 6.42 Å². The summed E-state index contributed by atoms with van der Waals surface area (Å²) in [6.45, 7) is -2.90. The largest absolute Gasteiger partial charge is 0.492 e. The fraction of sp³-hybridized carbons (Fsp3) is 0.667. The zero-order valence-corrected chi connectivity index (χ0v) is 18.6. The molecular weight excluding hydrogens is 504 g/mol. The molecule has 3 amide bonds. The fourth-order valence-electron chi connectivity index (χ4n) is 2.78.